The predicted molar refractivity (Wildman–Crippen MR) is 129 cm³/mol. The maximum atomic E-state index is 7.57. The number of aliphatic hydroxyl groups excluding tert-OH is 1. The monoisotopic (exact) mass is 423 g/mol. The van der Waals surface area contributed by atoms with Gasteiger partial charge < -0.3 is 15.3 Å². The molecule has 0 amide bonds. The van der Waals surface area contributed by atoms with Crippen LogP contribution in [0.4, 0.5) is 0 Å². The van der Waals surface area contributed by atoms with Crippen molar-refractivity contribution in [3.63, 3.8) is 0 Å². The molecule has 0 saturated carbocycles. The van der Waals surface area contributed by atoms with E-state index in [0.717, 1.165) is 50.1 Å². The molecule has 0 spiro atoms. The quantitative estimate of drug-likeness (QED) is 0.388. The molecule has 0 fully saturated rings. The van der Waals surface area contributed by atoms with Crippen molar-refractivity contribution >= 4 is 10.9 Å². The Morgan fingerprint density at radius 1 is 0.875 bits per heavy atom. The zero-order valence-electron chi connectivity index (χ0n) is 17.9. The molecule has 0 aliphatic rings. The first-order valence-electron chi connectivity index (χ1n) is 10.5. The van der Waals surface area contributed by atoms with Gasteiger partial charge in [-0.25, -0.2) is 4.98 Å². The third kappa shape index (κ3) is 4.44. The van der Waals surface area contributed by atoms with Crippen LogP contribution in [-0.2, 0) is 6.54 Å². The van der Waals surface area contributed by atoms with Gasteiger partial charge in [0.15, 0.2) is 0 Å². The lowest BCUT2D eigenvalue weighted by Gasteiger charge is -2.13. The van der Waals surface area contributed by atoms with Crippen LogP contribution in [-0.4, -0.2) is 21.7 Å². The van der Waals surface area contributed by atoms with Crippen LogP contribution in [0.3, 0.4) is 0 Å². The van der Waals surface area contributed by atoms with Gasteiger partial charge >= 0.3 is 0 Å². The molecule has 0 unspecified atom stereocenters. The minimum absolute atomic E-state index is 0.250. The first kappa shape index (κ1) is 21.4. The third-order valence-electron chi connectivity index (χ3n) is 5.09. The molecule has 0 radical (unpaired) electrons. The predicted octanol–water partition coefficient (Wildman–Crippen LogP) is 5.68. The van der Waals surface area contributed by atoms with Gasteiger partial charge in [0.1, 0.15) is 0 Å². The fourth-order valence-electron chi connectivity index (χ4n) is 3.58. The van der Waals surface area contributed by atoms with Crippen LogP contribution in [0.2, 0.25) is 0 Å². The number of aliphatic hydroxyl groups is 1. The summed E-state index contributed by atoms with van der Waals surface area (Å²) in [5.41, 5.74) is 13.8. The van der Waals surface area contributed by atoms with Crippen LogP contribution in [0.15, 0.2) is 95.9 Å². The van der Waals surface area contributed by atoms with E-state index in [0.29, 0.717) is 6.54 Å². The summed E-state index contributed by atoms with van der Waals surface area (Å²) in [6.07, 6.45) is 5.17. The Balaban J connectivity index is 0.000000775. The van der Waals surface area contributed by atoms with Crippen molar-refractivity contribution in [2.75, 3.05) is 6.61 Å². The highest BCUT2D eigenvalue weighted by molar-refractivity contribution is 5.98. The summed E-state index contributed by atoms with van der Waals surface area (Å²) < 4.78 is 5.28. The van der Waals surface area contributed by atoms with E-state index in [1.165, 1.54) is 0 Å². The van der Waals surface area contributed by atoms with Gasteiger partial charge in [0.05, 0.1) is 29.4 Å². The summed E-state index contributed by atoms with van der Waals surface area (Å²) in [6.45, 7) is 2.46. The summed E-state index contributed by atoms with van der Waals surface area (Å²) in [6, 6.07) is 24.6. The van der Waals surface area contributed by atoms with E-state index in [4.69, 9.17) is 20.2 Å². The van der Waals surface area contributed by atoms with Crippen molar-refractivity contribution < 1.29 is 9.52 Å². The van der Waals surface area contributed by atoms with Gasteiger partial charge in [0, 0.05) is 41.4 Å². The number of hydrogen-bond acceptors (Lipinski definition) is 5. The highest BCUT2D eigenvalue weighted by Gasteiger charge is 2.15. The second kappa shape index (κ2) is 10.0. The van der Waals surface area contributed by atoms with E-state index in [2.05, 4.69) is 47.4 Å². The lowest BCUT2D eigenvalue weighted by atomic mass is 9.96. The van der Waals surface area contributed by atoms with E-state index in [1.807, 2.05) is 30.3 Å². The van der Waals surface area contributed by atoms with Crippen molar-refractivity contribution in [1.82, 2.24) is 9.97 Å². The van der Waals surface area contributed by atoms with E-state index in [1.54, 1.807) is 25.6 Å². The minimum Gasteiger partial charge on any atom is -0.472 e. The van der Waals surface area contributed by atoms with Gasteiger partial charge in [-0.05, 0) is 36.2 Å². The van der Waals surface area contributed by atoms with Gasteiger partial charge in [-0.2, -0.15) is 0 Å². The topological polar surface area (TPSA) is 85.2 Å². The Bertz CT molecular complexity index is 1280. The smallest absolute Gasteiger partial charge is 0.0996 e. The summed E-state index contributed by atoms with van der Waals surface area (Å²) in [5.74, 6) is 0. The molecule has 0 aliphatic heterocycles. The summed E-state index contributed by atoms with van der Waals surface area (Å²) in [5, 5.41) is 8.56. The van der Waals surface area contributed by atoms with Crippen LogP contribution in [0.25, 0.3) is 44.5 Å². The Labute approximate surface area is 187 Å². The van der Waals surface area contributed by atoms with Crippen molar-refractivity contribution in [3.8, 4) is 33.6 Å². The molecule has 2 aromatic carbocycles. The largest absolute Gasteiger partial charge is 0.472 e. The van der Waals surface area contributed by atoms with Crippen molar-refractivity contribution in [2.24, 2.45) is 5.73 Å². The van der Waals surface area contributed by atoms with E-state index in [-0.39, 0.29) is 6.61 Å². The van der Waals surface area contributed by atoms with Gasteiger partial charge in [0.2, 0.25) is 0 Å². The fraction of sp³-hybridized carbons (Fsp3) is 0.111. The van der Waals surface area contributed by atoms with Crippen molar-refractivity contribution in [1.29, 1.82) is 0 Å². The molecule has 160 valence electrons. The Morgan fingerprint density at radius 3 is 2.28 bits per heavy atom. The second-order valence-electron chi connectivity index (χ2n) is 7.21. The number of fused-ring (bicyclic) bond motifs is 1. The molecule has 0 aliphatic carbocycles. The molecule has 0 atom stereocenters. The number of nitrogens with zero attached hydrogens (tertiary/aromatic N) is 2. The third-order valence-corrected chi connectivity index (χ3v) is 5.09. The van der Waals surface area contributed by atoms with Crippen LogP contribution in [0, 0.1) is 0 Å². The van der Waals surface area contributed by atoms with Gasteiger partial charge in [-0.15, -0.1) is 0 Å². The Kier molecular flexibility index (Phi) is 6.70. The number of furan rings is 1. The second-order valence-corrected chi connectivity index (χ2v) is 7.21. The minimum atomic E-state index is 0.250. The number of aromatic nitrogens is 2. The lowest BCUT2D eigenvalue weighted by Crippen LogP contribution is -1.97. The number of hydrogen-bond donors (Lipinski definition) is 2. The summed E-state index contributed by atoms with van der Waals surface area (Å²) >= 11 is 0. The highest BCUT2D eigenvalue weighted by Crippen LogP contribution is 2.36. The lowest BCUT2D eigenvalue weighted by molar-refractivity contribution is 0.318. The molecule has 32 heavy (non-hydrogen) atoms. The molecule has 0 bridgehead atoms. The molecule has 5 aromatic rings. The van der Waals surface area contributed by atoms with Crippen LogP contribution >= 0.6 is 0 Å². The van der Waals surface area contributed by atoms with Gasteiger partial charge in [0.25, 0.3) is 0 Å². The van der Waals surface area contributed by atoms with Crippen LogP contribution < -0.4 is 5.73 Å². The molecular formula is C27H25N3O2. The van der Waals surface area contributed by atoms with E-state index >= 15 is 0 Å². The maximum Gasteiger partial charge on any atom is 0.0996 e. The highest BCUT2D eigenvalue weighted by atomic mass is 16.3. The summed E-state index contributed by atoms with van der Waals surface area (Å²) in [4.78, 5) is 9.64. The molecule has 5 heteroatoms. The fourth-order valence-corrected chi connectivity index (χ4v) is 3.58. The maximum absolute atomic E-state index is 7.57. The number of benzene rings is 2. The normalized spacial score (nSPS) is 10.6. The van der Waals surface area contributed by atoms with Crippen LogP contribution in [0.5, 0.6) is 0 Å². The van der Waals surface area contributed by atoms with Gasteiger partial charge in [-0.3, -0.25) is 4.98 Å². The SMILES string of the molecule is CCO.NCc1ccc(-c2nc3ccnc(-c4ccoc4)c3cc2-c2ccccc2)cc1. The first-order valence-corrected chi connectivity index (χ1v) is 10.5. The molecule has 3 aromatic heterocycles. The zero-order valence-corrected chi connectivity index (χ0v) is 17.9. The van der Waals surface area contributed by atoms with Crippen molar-refractivity contribution in [3.05, 3.63) is 97.1 Å². The van der Waals surface area contributed by atoms with Crippen molar-refractivity contribution in [2.45, 2.75) is 13.5 Å². The molecule has 5 nitrogen and oxygen atoms in total. The Morgan fingerprint density at radius 2 is 1.62 bits per heavy atom. The molecule has 0 saturated heterocycles. The average molecular weight is 424 g/mol. The van der Waals surface area contributed by atoms with Gasteiger partial charge in [-0.1, -0.05) is 54.6 Å². The average Bonchev–Trinajstić information content (AvgIpc) is 3.39. The number of pyridine rings is 2. The molecule has 5 rings (SSSR count). The molecule has 3 heterocycles. The van der Waals surface area contributed by atoms with E-state index < -0.39 is 0 Å². The first-order chi connectivity index (χ1) is 15.7. The molecular weight excluding hydrogens is 398 g/mol. The molecule has 3 N–H and O–H groups in total. The zero-order chi connectivity index (χ0) is 22.3. The summed E-state index contributed by atoms with van der Waals surface area (Å²) in [7, 11) is 0. The number of rotatable bonds is 4. The Hall–Kier alpha value is -3.80. The van der Waals surface area contributed by atoms with Crippen LogP contribution in [0.1, 0.15) is 12.5 Å². The number of nitrogens with two attached hydrogens (primary N) is 1. The van der Waals surface area contributed by atoms with E-state index in [9.17, 15) is 0 Å². The standard InChI is InChI=1S/C25H19N3O.C2H6O/c26-15-17-6-8-19(9-7-17)25-21(18-4-2-1-3-5-18)14-22-23(28-25)10-12-27-24(22)20-11-13-29-16-20;1-2-3/h1-14,16H,15,26H2;3H,2H2,1H3.